The minimum Gasteiger partial charge on any atom is -0.369 e. The summed E-state index contributed by atoms with van der Waals surface area (Å²) in [5, 5.41) is 8.04. The van der Waals surface area contributed by atoms with Crippen LogP contribution in [0.5, 0.6) is 0 Å². The summed E-state index contributed by atoms with van der Waals surface area (Å²) in [5.41, 5.74) is 6.17. The van der Waals surface area contributed by atoms with Crippen LogP contribution in [0.1, 0.15) is 68.9 Å². The van der Waals surface area contributed by atoms with Gasteiger partial charge in [0.15, 0.2) is 5.82 Å². The maximum atomic E-state index is 12.6. The minimum absolute atomic E-state index is 0.205. The van der Waals surface area contributed by atoms with Crippen LogP contribution < -0.4 is 16.6 Å². The number of hydrogen-bond donors (Lipinski definition) is 3. The number of aromatic nitrogens is 4. The molecule has 1 amide bonds. The summed E-state index contributed by atoms with van der Waals surface area (Å²) in [7, 11) is 4.38. The number of aromatic amines is 1. The van der Waals surface area contributed by atoms with E-state index in [-0.39, 0.29) is 23.4 Å². The first-order chi connectivity index (χ1) is 16.7. The standard InChI is InChI=1S/C17H20N6O2S.C8H17N/c1-8(2)23-6-5-12(22-23)19-17-20-15(25)13-10-7-9(14(18)24)3-4-11(10)26-16(13)21-17;1-9(2)8-6-4-3-5-7-8/h5-6,8-9H,3-4,7H2,1-2H3,(H2,18,24)(H2,19,20,21,22,25);8H,3-7H2,1-2H3. The molecule has 1 unspecified atom stereocenters. The van der Waals surface area contributed by atoms with Crippen molar-refractivity contribution >= 4 is 39.2 Å². The fourth-order valence-corrected chi connectivity index (χ4v) is 6.11. The topological polar surface area (TPSA) is 122 Å². The van der Waals surface area contributed by atoms with Gasteiger partial charge in [-0.05, 0) is 65.6 Å². The number of primary amides is 1. The van der Waals surface area contributed by atoms with E-state index in [1.165, 1.54) is 43.4 Å². The van der Waals surface area contributed by atoms with E-state index in [4.69, 9.17) is 5.73 Å². The molecule has 35 heavy (non-hydrogen) atoms. The molecule has 0 aromatic carbocycles. The lowest BCUT2D eigenvalue weighted by molar-refractivity contribution is -0.122. The number of nitrogens with two attached hydrogens (primary N) is 1. The number of amides is 1. The Morgan fingerprint density at radius 3 is 2.60 bits per heavy atom. The average molecular weight is 500 g/mol. The van der Waals surface area contributed by atoms with Gasteiger partial charge in [0.2, 0.25) is 11.9 Å². The third kappa shape index (κ3) is 5.92. The number of H-pyrrole nitrogens is 1. The Balaban J connectivity index is 0.000000271. The van der Waals surface area contributed by atoms with E-state index in [0.717, 1.165) is 29.3 Å². The van der Waals surface area contributed by atoms with Crippen molar-refractivity contribution in [2.75, 3.05) is 19.4 Å². The van der Waals surface area contributed by atoms with Crippen LogP contribution in [0, 0.1) is 5.92 Å². The number of carbonyl (C=O) groups is 1. The van der Waals surface area contributed by atoms with Gasteiger partial charge in [-0.15, -0.1) is 11.3 Å². The quantitative estimate of drug-likeness (QED) is 0.488. The molecule has 3 aromatic rings. The molecule has 10 heteroatoms. The van der Waals surface area contributed by atoms with Gasteiger partial charge in [-0.1, -0.05) is 19.3 Å². The maximum absolute atomic E-state index is 12.6. The lowest BCUT2D eigenvalue weighted by Gasteiger charge is -2.27. The monoisotopic (exact) mass is 499 g/mol. The highest BCUT2D eigenvalue weighted by atomic mass is 32.1. The number of hydrogen-bond acceptors (Lipinski definition) is 7. The Morgan fingerprint density at radius 1 is 1.26 bits per heavy atom. The predicted molar refractivity (Wildman–Crippen MR) is 141 cm³/mol. The van der Waals surface area contributed by atoms with Crippen LogP contribution >= 0.6 is 11.3 Å². The van der Waals surface area contributed by atoms with E-state index >= 15 is 0 Å². The molecule has 3 heterocycles. The second-order valence-electron chi connectivity index (χ2n) is 10.1. The SMILES string of the molecule is CC(C)n1ccc(Nc2nc3sc4c(c3c(=O)[nH]2)CC(C(N)=O)CC4)n1.CN(C)C1CCCCC1. The number of rotatable bonds is 5. The van der Waals surface area contributed by atoms with Gasteiger partial charge in [0.1, 0.15) is 4.83 Å². The highest BCUT2D eigenvalue weighted by Crippen LogP contribution is 2.36. The fraction of sp³-hybridized carbons (Fsp3) is 0.600. The number of nitrogens with zero attached hydrogens (tertiary/aromatic N) is 4. The molecule has 2 aliphatic rings. The highest BCUT2D eigenvalue weighted by Gasteiger charge is 2.28. The van der Waals surface area contributed by atoms with Crippen molar-refractivity contribution in [3.05, 3.63) is 33.1 Å². The van der Waals surface area contributed by atoms with E-state index < -0.39 is 0 Å². The zero-order valence-electron chi connectivity index (χ0n) is 21.1. The van der Waals surface area contributed by atoms with E-state index in [2.05, 4.69) is 39.4 Å². The molecular weight excluding hydrogens is 462 g/mol. The van der Waals surface area contributed by atoms with Crippen LogP contribution in [0.4, 0.5) is 11.8 Å². The Hall–Kier alpha value is -2.72. The number of thiophene rings is 1. The molecule has 9 nitrogen and oxygen atoms in total. The molecule has 4 N–H and O–H groups in total. The lowest BCUT2D eigenvalue weighted by Crippen LogP contribution is -2.29. The molecule has 2 aliphatic carbocycles. The van der Waals surface area contributed by atoms with Crippen molar-refractivity contribution in [3.63, 3.8) is 0 Å². The third-order valence-corrected chi connectivity index (χ3v) is 8.19. The summed E-state index contributed by atoms with van der Waals surface area (Å²) in [5.74, 6) is 0.466. The number of aryl methyl sites for hydroxylation is 1. The van der Waals surface area contributed by atoms with E-state index in [0.29, 0.717) is 28.4 Å². The molecule has 1 fully saturated rings. The summed E-state index contributed by atoms with van der Waals surface area (Å²) >= 11 is 1.51. The second kappa shape index (κ2) is 10.9. The number of nitrogens with one attached hydrogen (secondary N) is 2. The first-order valence-corrected chi connectivity index (χ1v) is 13.4. The van der Waals surface area contributed by atoms with Crippen molar-refractivity contribution in [1.82, 2.24) is 24.6 Å². The molecule has 0 bridgehead atoms. The van der Waals surface area contributed by atoms with Crippen molar-refractivity contribution in [2.45, 2.75) is 77.3 Å². The first-order valence-electron chi connectivity index (χ1n) is 12.6. The van der Waals surface area contributed by atoms with Crippen LogP contribution in [0.2, 0.25) is 0 Å². The normalized spacial score (nSPS) is 18.4. The average Bonchev–Trinajstić information content (AvgIpc) is 3.44. The van der Waals surface area contributed by atoms with Crippen LogP contribution in [0.25, 0.3) is 10.2 Å². The Labute approximate surface area is 210 Å². The maximum Gasteiger partial charge on any atom is 0.261 e. The minimum atomic E-state index is -0.307. The molecule has 3 aromatic heterocycles. The van der Waals surface area contributed by atoms with E-state index in [1.807, 2.05) is 30.8 Å². The summed E-state index contributed by atoms with van der Waals surface area (Å²) in [4.78, 5) is 35.6. The molecule has 1 saturated carbocycles. The van der Waals surface area contributed by atoms with Crippen LogP contribution in [-0.2, 0) is 17.6 Å². The zero-order valence-corrected chi connectivity index (χ0v) is 22.0. The molecule has 1 atom stereocenters. The molecule has 0 saturated heterocycles. The van der Waals surface area contributed by atoms with E-state index in [9.17, 15) is 9.59 Å². The van der Waals surface area contributed by atoms with Gasteiger partial charge in [-0.2, -0.15) is 5.10 Å². The molecule has 0 aliphatic heterocycles. The number of carbonyl (C=O) groups excluding carboxylic acids is 1. The molecule has 190 valence electrons. The summed E-state index contributed by atoms with van der Waals surface area (Å²) in [6.45, 7) is 4.08. The Bertz CT molecular complexity index is 1220. The zero-order chi connectivity index (χ0) is 25.1. The highest BCUT2D eigenvalue weighted by molar-refractivity contribution is 7.18. The van der Waals surface area contributed by atoms with Crippen molar-refractivity contribution < 1.29 is 4.79 Å². The summed E-state index contributed by atoms with van der Waals surface area (Å²) in [6.07, 6.45) is 11.1. The van der Waals surface area contributed by atoms with Gasteiger partial charge in [-0.3, -0.25) is 19.3 Å². The van der Waals surface area contributed by atoms with Crippen LogP contribution in [-0.4, -0.2) is 50.7 Å². The van der Waals surface area contributed by atoms with E-state index in [1.54, 1.807) is 0 Å². The van der Waals surface area contributed by atoms with Gasteiger partial charge < -0.3 is 16.0 Å². The largest absolute Gasteiger partial charge is 0.369 e. The molecule has 0 radical (unpaired) electrons. The van der Waals surface area contributed by atoms with Gasteiger partial charge in [0.05, 0.1) is 5.39 Å². The van der Waals surface area contributed by atoms with Gasteiger partial charge >= 0.3 is 0 Å². The lowest BCUT2D eigenvalue weighted by atomic mass is 9.87. The third-order valence-electron chi connectivity index (χ3n) is 7.01. The van der Waals surface area contributed by atoms with Gasteiger partial charge in [0, 0.05) is 35.1 Å². The summed E-state index contributed by atoms with van der Waals surface area (Å²) < 4.78 is 1.83. The number of anilines is 2. The predicted octanol–water partition coefficient (Wildman–Crippen LogP) is 3.98. The fourth-order valence-electron chi connectivity index (χ4n) is 4.89. The van der Waals surface area contributed by atoms with Crippen molar-refractivity contribution in [1.29, 1.82) is 0 Å². The van der Waals surface area contributed by atoms with Gasteiger partial charge in [-0.25, -0.2) is 4.98 Å². The molecule has 0 spiro atoms. The summed E-state index contributed by atoms with van der Waals surface area (Å²) in [6, 6.07) is 2.97. The van der Waals surface area contributed by atoms with Gasteiger partial charge in [0.25, 0.3) is 5.56 Å². The Morgan fingerprint density at radius 2 is 2.00 bits per heavy atom. The number of fused-ring (bicyclic) bond motifs is 3. The second-order valence-corrected chi connectivity index (χ2v) is 11.2. The molecular formula is C25H37N7O2S. The van der Waals surface area contributed by atoms with Crippen LogP contribution in [0.3, 0.4) is 0 Å². The van der Waals surface area contributed by atoms with Crippen molar-refractivity contribution in [3.8, 4) is 0 Å². The Kier molecular flexibility index (Phi) is 7.91. The smallest absolute Gasteiger partial charge is 0.261 e. The van der Waals surface area contributed by atoms with Crippen molar-refractivity contribution in [2.24, 2.45) is 11.7 Å². The first kappa shape index (κ1) is 25.4. The molecule has 5 rings (SSSR count). The van der Waals surface area contributed by atoms with Crippen LogP contribution in [0.15, 0.2) is 17.1 Å².